The molecule has 39 heavy (non-hydrogen) atoms. The summed E-state index contributed by atoms with van der Waals surface area (Å²) < 4.78 is 35.1. The van der Waals surface area contributed by atoms with E-state index in [9.17, 15) is 18.7 Å². The quantitative estimate of drug-likeness (QED) is 0.448. The minimum absolute atomic E-state index is 0. The van der Waals surface area contributed by atoms with Crippen LogP contribution < -0.4 is 5.32 Å². The Balaban J connectivity index is 0.00000353. The molecule has 0 radical (unpaired) electrons. The third-order valence-electron chi connectivity index (χ3n) is 7.74. The highest BCUT2D eigenvalue weighted by molar-refractivity contribution is 5.98. The van der Waals surface area contributed by atoms with Gasteiger partial charge in [0.15, 0.2) is 5.69 Å². The predicted molar refractivity (Wildman–Crippen MR) is 147 cm³/mol. The number of piperazine rings is 1. The summed E-state index contributed by atoms with van der Waals surface area (Å²) >= 11 is 0. The van der Waals surface area contributed by atoms with Gasteiger partial charge in [-0.15, -0.1) is 12.4 Å². The normalized spacial score (nSPS) is 23.3. The molecule has 2 heterocycles. The van der Waals surface area contributed by atoms with Crippen LogP contribution in [0.25, 0.3) is 11.3 Å². The number of aliphatic hydroxyl groups is 1. The van der Waals surface area contributed by atoms with Gasteiger partial charge in [-0.2, -0.15) is 0 Å². The summed E-state index contributed by atoms with van der Waals surface area (Å²) in [6, 6.07) is 12.5. The van der Waals surface area contributed by atoms with Crippen LogP contribution in [-0.4, -0.2) is 70.5 Å². The van der Waals surface area contributed by atoms with E-state index in [1.807, 2.05) is 34.9 Å². The number of hydrogen-bond acceptors (Lipinski definition) is 5. The maximum absolute atomic E-state index is 14.1. The molecule has 1 saturated carbocycles. The summed E-state index contributed by atoms with van der Waals surface area (Å²) in [5.74, 6) is -1.51. The highest BCUT2D eigenvalue weighted by atomic mass is 35.5. The van der Waals surface area contributed by atoms with Crippen LogP contribution in [0.2, 0.25) is 0 Å². The average Bonchev–Trinajstić information content (AvgIpc) is 3.33. The van der Waals surface area contributed by atoms with E-state index in [1.165, 1.54) is 12.1 Å². The van der Waals surface area contributed by atoms with E-state index in [0.717, 1.165) is 30.9 Å². The Kier molecular flexibility index (Phi) is 9.38. The van der Waals surface area contributed by atoms with Crippen molar-refractivity contribution in [3.05, 3.63) is 77.8 Å². The van der Waals surface area contributed by atoms with Gasteiger partial charge in [0, 0.05) is 44.4 Å². The monoisotopic (exact) mass is 560 g/mol. The van der Waals surface area contributed by atoms with E-state index in [-0.39, 0.29) is 37.0 Å². The number of methoxy groups -OCH3 is 1. The summed E-state index contributed by atoms with van der Waals surface area (Å²) in [5.41, 5.74) is 1.22. The topological polar surface area (TPSA) is 79.6 Å². The Morgan fingerprint density at radius 2 is 1.92 bits per heavy atom. The van der Waals surface area contributed by atoms with Crippen LogP contribution in [0, 0.1) is 11.6 Å². The lowest BCUT2D eigenvalue weighted by Crippen LogP contribution is -2.54. The molecule has 10 heteroatoms. The molecule has 1 saturated heterocycles. The van der Waals surface area contributed by atoms with E-state index < -0.39 is 17.2 Å². The highest BCUT2D eigenvalue weighted by Gasteiger charge is 2.42. The average molecular weight is 561 g/mol. The Labute approximate surface area is 233 Å². The van der Waals surface area contributed by atoms with Gasteiger partial charge in [-0.05, 0) is 37.0 Å². The van der Waals surface area contributed by atoms with Crippen molar-refractivity contribution in [3.63, 3.8) is 0 Å². The van der Waals surface area contributed by atoms with Crippen molar-refractivity contribution >= 4 is 18.3 Å². The number of ether oxygens (including phenoxy) is 1. The fraction of sp³-hybridized carbons (Fsp3) is 0.448. The Hall–Kier alpha value is -2.85. The number of benzene rings is 2. The summed E-state index contributed by atoms with van der Waals surface area (Å²) in [7, 11) is 1.58. The lowest BCUT2D eigenvalue weighted by molar-refractivity contribution is -0.0893. The van der Waals surface area contributed by atoms with Crippen molar-refractivity contribution in [2.45, 2.75) is 49.8 Å². The SMILES string of the molecule is COC[C@]1(O)CCCC[C@H]1n1cnc(C(=O)N2CCNC[C@H]2Cc2cc(F)cc(F)c2)c1-c1ccccc1.Cl. The number of nitrogens with zero attached hydrogens (tertiary/aromatic N) is 3. The standard InChI is InChI=1S/C29H34F2N4O3.ClH/c1-38-18-29(37)10-6-5-9-25(29)35-19-33-26(27(35)21-7-3-2-4-8-21)28(36)34-12-11-32-17-24(34)15-20-13-22(30)16-23(31)14-20;/h2-4,7-8,13-14,16,19,24-25,32,37H,5-6,9-12,15,17-18H2,1H3;1H/t24-,25-,29-;/m1./s1. The molecule has 0 unspecified atom stereocenters. The Morgan fingerprint density at radius 3 is 2.64 bits per heavy atom. The van der Waals surface area contributed by atoms with Crippen LogP contribution in [0.3, 0.4) is 0 Å². The summed E-state index contributed by atoms with van der Waals surface area (Å²) in [6.07, 6.45) is 5.17. The minimum atomic E-state index is -1.07. The van der Waals surface area contributed by atoms with Crippen LogP contribution in [0.1, 0.15) is 47.8 Å². The first kappa shape index (κ1) is 29.1. The first-order chi connectivity index (χ1) is 18.4. The molecule has 1 aromatic heterocycles. The molecule has 2 aromatic carbocycles. The predicted octanol–water partition coefficient (Wildman–Crippen LogP) is 4.40. The van der Waals surface area contributed by atoms with Crippen LogP contribution in [-0.2, 0) is 11.2 Å². The zero-order valence-electron chi connectivity index (χ0n) is 22.0. The number of imidazole rings is 1. The van der Waals surface area contributed by atoms with E-state index in [0.29, 0.717) is 49.4 Å². The third kappa shape index (κ3) is 6.17. The van der Waals surface area contributed by atoms with Crippen LogP contribution in [0.4, 0.5) is 8.78 Å². The van der Waals surface area contributed by atoms with Gasteiger partial charge in [0.1, 0.15) is 17.2 Å². The second-order valence-electron chi connectivity index (χ2n) is 10.4. The van der Waals surface area contributed by atoms with Crippen LogP contribution >= 0.6 is 12.4 Å². The molecule has 1 aliphatic carbocycles. The molecule has 2 aliphatic rings. The van der Waals surface area contributed by atoms with Gasteiger partial charge in [0.25, 0.3) is 5.91 Å². The maximum Gasteiger partial charge on any atom is 0.275 e. The van der Waals surface area contributed by atoms with E-state index in [1.54, 1.807) is 18.3 Å². The van der Waals surface area contributed by atoms with Gasteiger partial charge < -0.3 is 24.6 Å². The minimum Gasteiger partial charge on any atom is -0.385 e. The molecule has 2 fully saturated rings. The summed E-state index contributed by atoms with van der Waals surface area (Å²) in [5, 5.41) is 14.9. The van der Waals surface area contributed by atoms with Gasteiger partial charge in [-0.3, -0.25) is 4.79 Å². The fourth-order valence-corrected chi connectivity index (χ4v) is 6.00. The molecule has 1 amide bonds. The fourth-order valence-electron chi connectivity index (χ4n) is 6.00. The number of carbonyl (C=O) groups is 1. The number of carbonyl (C=O) groups excluding carboxylic acids is 1. The molecular weight excluding hydrogens is 526 g/mol. The Morgan fingerprint density at radius 1 is 1.18 bits per heavy atom. The molecule has 1 aliphatic heterocycles. The molecule has 3 aromatic rings. The number of nitrogens with one attached hydrogen (secondary N) is 1. The van der Waals surface area contributed by atoms with Gasteiger partial charge in [-0.1, -0.05) is 43.2 Å². The van der Waals surface area contributed by atoms with Crippen molar-refractivity contribution in [1.29, 1.82) is 0 Å². The number of rotatable bonds is 7. The number of hydrogen-bond donors (Lipinski definition) is 2. The molecule has 0 bridgehead atoms. The van der Waals surface area contributed by atoms with Gasteiger partial charge in [-0.25, -0.2) is 13.8 Å². The Bertz CT molecular complexity index is 1250. The van der Waals surface area contributed by atoms with Crippen molar-refractivity contribution in [2.24, 2.45) is 0 Å². The summed E-state index contributed by atoms with van der Waals surface area (Å²) in [4.78, 5) is 20.5. The first-order valence-electron chi connectivity index (χ1n) is 13.2. The van der Waals surface area contributed by atoms with E-state index >= 15 is 0 Å². The van der Waals surface area contributed by atoms with E-state index in [4.69, 9.17) is 4.74 Å². The second kappa shape index (κ2) is 12.6. The number of amides is 1. The molecule has 0 spiro atoms. The van der Waals surface area contributed by atoms with Crippen LogP contribution in [0.5, 0.6) is 0 Å². The third-order valence-corrected chi connectivity index (χ3v) is 7.74. The lowest BCUT2D eigenvalue weighted by atomic mass is 9.80. The molecular formula is C29H35ClF2N4O3. The van der Waals surface area contributed by atoms with Gasteiger partial charge in [0.05, 0.1) is 24.7 Å². The van der Waals surface area contributed by atoms with Crippen molar-refractivity contribution in [2.75, 3.05) is 33.4 Å². The van der Waals surface area contributed by atoms with E-state index in [2.05, 4.69) is 10.3 Å². The van der Waals surface area contributed by atoms with Crippen LogP contribution in [0.15, 0.2) is 54.9 Å². The maximum atomic E-state index is 14.1. The van der Waals surface area contributed by atoms with Gasteiger partial charge in [0.2, 0.25) is 0 Å². The zero-order valence-corrected chi connectivity index (χ0v) is 22.8. The second-order valence-corrected chi connectivity index (χ2v) is 10.4. The molecule has 5 rings (SSSR count). The smallest absolute Gasteiger partial charge is 0.275 e. The molecule has 210 valence electrons. The molecule has 7 nitrogen and oxygen atoms in total. The number of aromatic nitrogens is 2. The summed E-state index contributed by atoms with van der Waals surface area (Å²) in [6.45, 7) is 1.75. The first-order valence-corrected chi connectivity index (χ1v) is 13.2. The van der Waals surface area contributed by atoms with Crippen molar-refractivity contribution in [1.82, 2.24) is 19.8 Å². The zero-order chi connectivity index (χ0) is 26.7. The highest BCUT2D eigenvalue weighted by Crippen LogP contribution is 2.41. The van der Waals surface area contributed by atoms with Crippen molar-refractivity contribution in [3.8, 4) is 11.3 Å². The molecule has 2 N–H and O–H groups in total. The van der Waals surface area contributed by atoms with Crippen molar-refractivity contribution < 1.29 is 23.4 Å². The molecule has 3 atom stereocenters. The lowest BCUT2D eigenvalue weighted by Gasteiger charge is -2.41. The number of halogens is 3. The largest absolute Gasteiger partial charge is 0.385 e. The van der Waals surface area contributed by atoms with Gasteiger partial charge >= 0.3 is 0 Å².